The van der Waals surface area contributed by atoms with Gasteiger partial charge in [-0.1, -0.05) is 13.8 Å². The number of nitrogens with one attached hydrogen (secondary N) is 2. The van der Waals surface area contributed by atoms with Gasteiger partial charge in [0.25, 0.3) is 0 Å². The highest BCUT2D eigenvalue weighted by atomic mass is 16.5. The van der Waals surface area contributed by atoms with Crippen molar-refractivity contribution in [2.75, 3.05) is 26.3 Å². The molecule has 1 aliphatic heterocycles. The predicted molar refractivity (Wildman–Crippen MR) is 81.9 cm³/mol. The molecular weight excluding hydrogens is 268 g/mol. The molecule has 122 valence electrons. The van der Waals surface area contributed by atoms with Crippen molar-refractivity contribution in [1.29, 1.82) is 0 Å². The first-order valence-corrected chi connectivity index (χ1v) is 8.33. The van der Waals surface area contributed by atoms with Crippen LogP contribution in [0.4, 0.5) is 0 Å². The third-order valence-corrected chi connectivity index (χ3v) is 4.33. The third-order valence-electron chi connectivity index (χ3n) is 4.33. The lowest BCUT2D eigenvalue weighted by atomic mass is 9.97. The van der Waals surface area contributed by atoms with E-state index in [1.165, 1.54) is 12.8 Å². The molecule has 5 nitrogen and oxygen atoms in total. The standard InChI is InChI=1S/C16H30N2O3/c1-11(2)7-14(17-9-13-5-6-21-10-13)15(19)16(20)18-8-12-3-4-12/h11-15,17,19H,3-10H2,1-2H3,(H,18,20)/t13-,14?,15?/m1/s1. The van der Waals surface area contributed by atoms with Crippen molar-refractivity contribution in [2.45, 2.75) is 51.7 Å². The summed E-state index contributed by atoms with van der Waals surface area (Å²) >= 11 is 0. The summed E-state index contributed by atoms with van der Waals surface area (Å²) in [5.74, 6) is 1.34. The average Bonchev–Trinajstić information content (AvgIpc) is 3.13. The Kier molecular flexibility index (Phi) is 6.45. The smallest absolute Gasteiger partial charge is 0.250 e. The van der Waals surface area contributed by atoms with Crippen molar-refractivity contribution in [1.82, 2.24) is 10.6 Å². The van der Waals surface area contributed by atoms with E-state index in [9.17, 15) is 9.90 Å². The lowest BCUT2D eigenvalue weighted by Crippen LogP contribution is -2.50. The van der Waals surface area contributed by atoms with E-state index < -0.39 is 6.10 Å². The van der Waals surface area contributed by atoms with Crippen LogP contribution in [0.15, 0.2) is 0 Å². The van der Waals surface area contributed by atoms with Gasteiger partial charge in [0.1, 0.15) is 6.10 Å². The minimum Gasteiger partial charge on any atom is -0.382 e. The molecular formula is C16H30N2O3. The molecule has 1 saturated heterocycles. The molecule has 0 aromatic heterocycles. The van der Waals surface area contributed by atoms with Gasteiger partial charge in [0.2, 0.25) is 5.91 Å². The molecule has 1 aliphatic carbocycles. The van der Waals surface area contributed by atoms with Gasteiger partial charge in [-0.2, -0.15) is 0 Å². The van der Waals surface area contributed by atoms with E-state index in [0.29, 0.717) is 24.3 Å². The fourth-order valence-electron chi connectivity index (χ4n) is 2.75. The SMILES string of the molecule is CC(C)CC(NC[C@H]1CCOC1)C(O)C(=O)NCC1CC1. The number of carbonyl (C=O) groups is 1. The van der Waals surface area contributed by atoms with Crippen LogP contribution in [0.1, 0.15) is 39.5 Å². The van der Waals surface area contributed by atoms with Crippen molar-refractivity contribution in [3.8, 4) is 0 Å². The van der Waals surface area contributed by atoms with E-state index in [-0.39, 0.29) is 11.9 Å². The van der Waals surface area contributed by atoms with E-state index in [1.807, 2.05) is 0 Å². The second-order valence-corrected chi connectivity index (χ2v) is 7.01. The number of rotatable bonds is 9. The summed E-state index contributed by atoms with van der Waals surface area (Å²) in [6, 6.07) is -0.176. The van der Waals surface area contributed by atoms with Crippen molar-refractivity contribution in [3.63, 3.8) is 0 Å². The van der Waals surface area contributed by atoms with E-state index in [2.05, 4.69) is 24.5 Å². The summed E-state index contributed by atoms with van der Waals surface area (Å²) in [7, 11) is 0. The summed E-state index contributed by atoms with van der Waals surface area (Å²) in [5.41, 5.74) is 0. The molecule has 2 aliphatic rings. The molecule has 2 fully saturated rings. The minimum absolute atomic E-state index is 0.176. The van der Waals surface area contributed by atoms with Crippen LogP contribution in [-0.4, -0.2) is 49.5 Å². The first-order chi connectivity index (χ1) is 10.1. The molecule has 0 aromatic carbocycles. The van der Waals surface area contributed by atoms with Gasteiger partial charge in [-0.3, -0.25) is 4.79 Å². The van der Waals surface area contributed by atoms with Gasteiger partial charge in [0, 0.05) is 25.7 Å². The third kappa shape index (κ3) is 5.93. The van der Waals surface area contributed by atoms with Crippen LogP contribution in [0.2, 0.25) is 0 Å². The minimum atomic E-state index is -0.964. The van der Waals surface area contributed by atoms with E-state index in [4.69, 9.17) is 4.74 Å². The van der Waals surface area contributed by atoms with Gasteiger partial charge < -0.3 is 20.5 Å². The van der Waals surface area contributed by atoms with Gasteiger partial charge in [0.05, 0.1) is 6.61 Å². The van der Waals surface area contributed by atoms with Crippen LogP contribution in [0.5, 0.6) is 0 Å². The van der Waals surface area contributed by atoms with E-state index >= 15 is 0 Å². The summed E-state index contributed by atoms with van der Waals surface area (Å²) in [6.07, 6.45) is 3.29. The molecule has 1 saturated carbocycles. The summed E-state index contributed by atoms with van der Waals surface area (Å²) in [4.78, 5) is 12.1. The van der Waals surface area contributed by atoms with Gasteiger partial charge in [-0.25, -0.2) is 0 Å². The maximum Gasteiger partial charge on any atom is 0.250 e. The Labute approximate surface area is 127 Å². The molecule has 3 N–H and O–H groups in total. The van der Waals surface area contributed by atoms with Crippen molar-refractivity contribution >= 4 is 5.91 Å². The molecule has 2 unspecified atom stereocenters. The van der Waals surface area contributed by atoms with Crippen LogP contribution in [-0.2, 0) is 9.53 Å². The number of amides is 1. The summed E-state index contributed by atoms with van der Waals surface area (Å²) < 4.78 is 5.37. The molecule has 2 rings (SSSR count). The van der Waals surface area contributed by atoms with Crippen LogP contribution in [0.25, 0.3) is 0 Å². The number of hydrogen-bond acceptors (Lipinski definition) is 4. The van der Waals surface area contributed by atoms with E-state index in [0.717, 1.165) is 32.6 Å². The monoisotopic (exact) mass is 298 g/mol. The zero-order valence-electron chi connectivity index (χ0n) is 13.3. The average molecular weight is 298 g/mol. The normalized spacial score (nSPS) is 25.0. The highest BCUT2D eigenvalue weighted by molar-refractivity contribution is 5.81. The predicted octanol–water partition coefficient (Wildman–Crippen LogP) is 0.914. The van der Waals surface area contributed by atoms with Gasteiger partial charge in [-0.05, 0) is 43.4 Å². The van der Waals surface area contributed by atoms with Crippen LogP contribution in [0.3, 0.4) is 0 Å². The summed E-state index contributed by atoms with van der Waals surface area (Å²) in [5, 5.41) is 16.6. The molecule has 0 spiro atoms. The Morgan fingerprint density at radius 1 is 1.24 bits per heavy atom. The Morgan fingerprint density at radius 3 is 2.57 bits per heavy atom. The highest BCUT2D eigenvalue weighted by Crippen LogP contribution is 2.27. The molecule has 0 bridgehead atoms. The van der Waals surface area contributed by atoms with Crippen LogP contribution >= 0.6 is 0 Å². The fraction of sp³-hybridized carbons (Fsp3) is 0.938. The first-order valence-electron chi connectivity index (χ1n) is 8.33. The van der Waals surface area contributed by atoms with Gasteiger partial charge >= 0.3 is 0 Å². The number of aliphatic hydroxyl groups is 1. The number of ether oxygens (including phenoxy) is 1. The molecule has 0 aromatic rings. The quantitative estimate of drug-likeness (QED) is 0.592. The second kappa shape index (κ2) is 8.11. The van der Waals surface area contributed by atoms with Gasteiger partial charge in [-0.15, -0.1) is 0 Å². The first kappa shape index (κ1) is 16.7. The van der Waals surface area contributed by atoms with Crippen molar-refractivity contribution in [3.05, 3.63) is 0 Å². The van der Waals surface area contributed by atoms with E-state index in [1.54, 1.807) is 0 Å². The number of hydrogen-bond donors (Lipinski definition) is 3. The molecule has 0 radical (unpaired) electrons. The lowest BCUT2D eigenvalue weighted by Gasteiger charge is -2.26. The fourth-order valence-corrected chi connectivity index (χ4v) is 2.75. The zero-order valence-corrected chi connectivity index (χ0v) is 13.3. The Balaban J connectivity index is 1.78. The molecule has 5 heteroatoms. The maximum absolute atomic E-state index is 12.1. The number of aliphatic hydroxyl groups excluding tert-OH is 1. The molecule has 21 heavy (non-hydrogen) atoms. The van der Waals surface area contributed by atoms with Crippen molar-refractivity contribution < 1.29 is 14.6 Å². The van der Waals surface area contributed by atoms with Crippen molar-refractivity contribution in [2.24, 2.45) is 17.8 Å². The van der Waals surface area contributed by atoms with Crippen LogP contribution < -0.4 is 10.6 Å². The highest BCUT2D eigenvalue weighted by Gasteiger charge is 2.29. The topological polar surface area (TPSA) is 70.6 Å². The maximum atomic E-state index is 12.1. The number of carbonyl (C=O) groups excluding carboxylic acids is 1. The Hall–Kier alpha value is -0.650. The zero-order chi connectivity index (χ0) is 15.2. The van der Waals surface area contributed by atoms with Gasteiger partial charge in [0.15, 0.2) is 0 Å². The van der Waals surface area contributed by atoms with Crippen LogP contribution in [0, 0.1) is 17.8 Å². The Morgan fingerprint density at radius 2 is 2.00 bits per heavy atom. The summed E-state index contributed by atoms with van der Waals surface area (Å²) in [6.45, 7) is 7.35. The molecule has 1 heterocycles. The molecule has 1 amide bonds. The second-order valence-electron chi connectivity index (χ2n) is 7.01. The largest absolute Gasteiger partial charge is 0.382 e. The lowest BCUT2D eigenvalue weighted by molar-refractivity contribution is -0.131. The Bertz CT molecular complexity index is 325. The molecule has 3 atom stereocenters.